The number of aliphatic hydroxyl groups is 1. The average Bonchev–Trinajstić information content (AvgIpc) is 2.28. The SMILES string of the molecule is CC(C)N(CCCO)Cc1nc(Cl)ccc1Cl. The molecule has 0 aliphatic carbocycles. The monoisotopic (exact) mass is 276 g/mol. The summed E-state index contributed by atoms with van der Waals surface area (Å²) in [6.07, 6.45) is 0.746. The number of hydrogen-bond acceptors (Lipinski definition) is 3. The third-order valence-electron chi connectivity index (χ3n) is 2.57. The van der Waals surface area contributed by atoms with Gasteiger partial charge in [0, 0.05) is 25.7 Å². The summed E-state index contributed by atoms with van der Waals surface area (Å²) in [5, 5.41) is 9.95. The van der Waals surface area contributed by atoms with Gasteiger partial charge in [-0.15, -0.1) is 0 Å². The van der Waals surface area contributed by atoms with E-state index in [1.165, 1.54) is 0 Å². The molecule has 0 bridgehead atoms. The van der Waals surface area contributed by atoms with Crippen molar-refractivity contribution in [2.45, 2.75) is 32.9 Å². The van der Waals surface area contributed by atoms with Crippen LogP contribution in [-0.4, -0.2) is 34.2 Å². The average molecular weight is 277 g/mol. The molecular formula is C12H18Cl2N2O. The van der Waals surface area contributed by atoms with Gasteiger partial charge in [-0.3, -0.25) is 4.90 Å². The zero-order valence-electron chi connectivity index (χ0n) is 10.2. The van der Waals surface area contributed by atoms with Crippen molar-refractivity contribution in [3.05, 3.63) is 28.0 Å². The van der Waals surface area contributed by atoms with Crippen molar-refractivity contribution in [3.8, 4) is 0 Å². The van der Waals surface area contributed by atoms with E-state index < -0.39 is 0 Å². The fourth-order valence-electron chi connectivity index (χ4n) is 1.55. The van der Waals surface area contributed by atoms with Gasteiger partial charge in [-0.05, 0) is 32.4 Å². The quantitative estimate of drug-likeness (QED) is 0.812. The Kier molecular flexibility index (Phi) is 6.20. The van der Waals surface area contributed by atoms with Crippen LogP contribution in [0.3, 0.4) is 0 Å². The third kappa shape index (κ3) is 4.80. The molecule has 0 aliphatic rings. The van der Waals surface area contributed by atoms with Crippen molar-refractivity contribution in [1.29, 1.82) is 0 Å². The summed E-state index contributed by atoms with van der Waals surface area (Å²) < 4.78 is 0. The van der Waals surface area contributed by atoms with Crippen LogP contribution in [0.5, 0.6) is 0 Å². The first-order valence-electron chi connectivity index (χ1n) is 5.70. The number of rotatable bonds is 6. The standard InChI is InChI=1S/C12H18Cl2N2O/c1-9(2)16(6-3-7-17)8-11-10(13)4-5-12(14)15-11/h4-5,9,17H,3,6-8H2,1-2H3. The highest BCUT2D eigenvalue weighted by Gasteiger charge is 2.13. The number of nitrogens with zero attached hydrogens (tertiary/aromatic N) is 2. The molecule has 0 radical (unpaired) electrons. The molecule has 96 valence electrons. The molecule has 0 unspecified atom stereocenters. The highest BCUT2D eigenvalue weighted by atomic mass is 35.5. The van der Waals surface area contributed by atoms with Gasteiger partial charge in [-0.1, -0.05) is 23.2 Å². The van der Waals surface area contributed by atoms with Crippen LogP contribution >= 0.6 is 23.2 Å². The molecule has 0 amide bonds. The highest BCUT2D eigenvalue weighted by Crippen LogP contribution is 2.19. The lowest BCUT2D eigenvalue weighted by molar-refractivity contribution is 0.183. The van der Waals surface area contributed by atoms with E-state index in [1.54, 1.807) is 12.1 Å². The van der Waals surface area contributed by atoms with Gasteiger partial charge in [0.05, 0.1) is 10.7 Å². The molecule has 3 nitrogen and oxygen atoms in total. The van der Waals surface area contributed by atoms with E-state index in [0.717, 1.165) is 18.7 Å². The van der Waals surface area contributed by atoms with E-state index in [9.17, 15) is 0 Å². The van der Waals surface area contributed by atoms with Crippen LogP contribution in [0.1, 0.15) is 26.0 Å². The van der Waals surface area contributed by atoms with Gasteiger partial charge >= 0.3 is 0 Å². The van der Waals surface area contributed by atoms with E-state index in [1.807, 2.05) is 0 Å². The summed E-state index contributed by atoms with van der Waals surface area (Å²) in [5.74, 6) is 0. The molecule has 0 aliphatic heterocycles. The fraction of sp³-hybridized carbons (Fsp3) is 0.583. The molecule has 17 heavy (non-hydrogen) atoms. The molecular weight excluding hydrogens is 259 g/mol. The lowest BCUT2D eigenvalue weighted by atomic mass is 10.2. The predicted octanol–water partition coefficient (Wildman–Crippen LogP) is 2.98. The Balaban J connectivity index is 2.74. The number of aromatic nitrogens is 1. The second-order valence-corrected chi connectivity index (χ2v) is 5.00. The van der Waals surface area contributed by atoms with Crippen molar-refractivity contribution >= 4 is 23.2 Å². The summed E-state index contributed by atoms with van der Waals surface area (Å²) in [4.78, 5) is 6.44. The van der Waals surface area contributed by atoms with Crippen molar-refractivity contribution in [2.75, 3.05) is 13.2 Å². The minimum atomic E-state index is 0.194. The molecule has 1 aromatic rings. The number of halogens is 2. The van der Waals surface area contributed by atoms with E-state index >= 15 is 0 Å². The molecule has 1 aromatic heterocycles. The van der Waals surface area contributed by atoms with Gasteiger partial charge in [0.25, 0.3) is 0 Å². The van der Waals surface area contributed by atoms with Gasteiger partial charge in [0.15, 0.2) is 0 Å². The molecule has 1 rings (SSSR count). The summed E-state index contributed by atoms with van der Waals surface area (Å²) in [6, 6.07) is 3.82. The van der Waals surface area contributed by atoms with Gasteiger partial charge in [0.1, 0.15) is 5.15 Å². The van der Waals surface area contributed by atoms with Crippen LogP contribution in [0.2, 0.25) is 10.2 Å². The smallest absolute Gasteiger partial charge is 0.129 e. The number of hydrogen-bond donors (Lipinski definition) is 1. The Morgan fingerprint density at radius 3 is 2.65 bits per heavy atom. The normalized spacial score (nSPS) is 11.5. The van der Waals surface area contributed by atoms with E-state index in [2.05, 4.69) is 23.7 Å². The van der Waals surface area contributed by atoms with Crippen LogP contribution in [0.15, 0.2) is 12.1 Å². The van der Waals surface area contributed by atoms with Crippen LogP contribution in [0.25, 0.3) is 0 Å². The first-order valence-corrected chi connectivity index (χ1v) is 6.46. The Labute approximate surface area is 112 Å². The molecule has 5 heteroatoms. The molecule has 1 N–H and O–H groups in total. The summed E-state index contributed by atoms with van der Waals surface area (Å²) in [5.41, 5.74) is 0.783. The Hall–Kier alpha value is -0.350. The van der Waals surface area contributed by atoms with Crippen LogP contribution in [0, 0.1) is 0 Å². The molecule has 0 atom stereocenters. The minimum absolute atomic E-state index is 0.194. The Bertz CT molecular complexity index is 358. The second kappa shape index (κ2) is 7.17. The van der Waals surface area contributed by atoms with E-state index in [4.69, 9.17) is 28.3 Å². The minimum Gasteiger partial charge on any atom is -0.396 e. The van der Waals surface area contributed by atoms with Crippen LogP contribution in [-0.2, 0) is 6.54 Å². The largest absolute Gasteiger partial charge is 0.396 e. The third-order valence-corrected chi connectivity index (χ3v) is 3.13. The molecule has 0 spiro atoms. The zero-order valence-corrected chi connectivity index (χ0v) is 11.7. The van der Waals surface area contributed by atoms with Gasteiger partial charge in [0.2, 0.25) is 0 Å². The summed E-state index contributed by atoms with van der Waals surface area (Å²) in [6.45, 7) is 5.88. The molecule has 0 saturated heterocycles. The van der Waals surface area contributed by atoms with Crippen LogP contribution in [0.4, 0.5) is 0 Å². The van der Waals surface area contributed by atoms with Crippen molar-refractivity contribution in [1.82, 2.24) is 9.88 Å². The maximum absolute atomic E-state index is 8.87. The fourth-order valence-corrected chi connectivity index (χ4v) is 1.88. The second-order valence-electron chi connectivity index (χ2n) is 4.20. The topological polar surface area (TPSA) is 36.4 Å². The first kappa shape index (κ1) is 14.7. The van der Waals surface area contributed by atoms with Crippen molar-refractivity contribution in [2.24, 2.45) is 0 Å². The molecule has 0 fully saturated rings. The Morgan fingerprint density at radius 1 is 1.35 bits per heavy atom. The Morgan fingerprint density at radius 2 is 2.06 bits per heavy atom. The van der Waals surface area contributed by atoms with Gasteiger partial charge in [-0.25, -0.2) is 4.98 Å². The van der Waals surface area contributed by atoms with E-state index in [-0.39, 0.29) is 6.61 Å². The summed E-state index contributed by atoms with van der Waals surface area (Å²) >= 11 is 11.9. The highest BCUT2D eigenvalue weighted by molar-refractivity contribution is 6.32. The lowest BCUT2D eigenvalue weighted by Gasteiger charge is -2.26. The number of aliphatic hydroxyl groups excluding tert-OH is 1. The maximum Gasteiger partial charge on any atom is 0.129 e. The molecule has 0 saturated carbocycles. The van der Waals surface area contributed by atoms with Crippen molar-refractivity contribution < 1.29 is 5.11 Å². The molecule has 0 aromatic carbocycles. The lowest BCUT2D eigenvalue weighted by Crippen LogP contribution is -2.32. The number of pyridine rings is 1. The first-order chi connectivity index (χ1) is 8.04. The van der Waals surface area contributed by atoms with Gasteiger partial charge < -0.3 is 5.11 Å². The van der Waals surface area contributed by atoms with E-state index in [0.29, 0.717) is 22.8 Å². The maximum atomic E-state index is 8.87. The van der Waals surface area contributed by atoms with Crippen LogP contribution < -0.4 is 0 Å². The van der Waals surface area contributed by atoms with Gasteiger partial charge in [-0.2, -0.15) is 0 Å². The molecule has 1 heterocycles. The van der Waals surface area contributed by atoms with Crippen molar-refractivity contribution in [3.63, 3.8) is 0 Å². The predicted molar refractivity (Wildman–Crippen MR) is 71.5 cm³/mol. The summed E-state index contributed by atoms with van der Waals surface area (Å²) in [7, 11) is 0. The zero-order chi connectivity index (χ0) is 12.8.